The Balaban J connectivity index is 1.95. The number of carbonyl (C=O) groups excluding carboxylic acids is 1. The second-order valence-electron chi connectivity index (χ2n) is 6.26. The Kier molecular flexibility index (Phi) is 7.17. The quantitative estimate of drug-likeness (QED) is 0.389. The maximum absolute atomic E-state index is 13.0. The molecule has 0 saturated carbocycles. The van der Waals surface area contributed by atoms with Crippen molar-refractivity contribution in [2.45, 2.75) is 23.3 Å². The number of rotatable bonds is 7. The van der Waals surface area contributed by atoms with Crippen LogP contribution in [-0.2, 0) is 6.42 Å². The van der Waals surface area contributed by atoms with Crippen LogP contribution in [0.2, 0.25) is 0 Å². The summed E-state index contributed by atoms with van der Waals surface area (Å²) in [6.45, 7) is 2.10. The van der Waals surface area contributed by atoms with E-state index in [4.69, 9.17) is 0 Å². The zero-order valence-corrected chi connectivity index (χ0v) is 18.6. The summed E-state index contributed by atoms with van der Waals surface area (Å²) in [6.07, 6.45) is 4.91. The molecule has 7 heteroatoms. The number of hydrogen-bond donors (Lipinski definition) is 2. The highest BCUT2D eigenvalue weighted by molar-refractivity contribution is 7.98. The van der Waals surface area contributed by atoms with Crippen molar-refractivity contribution in [1.29, 1.82) is 0 Å². The van der Waals surface area contributed by atoms with Crippen molar-refractivity contribution in [2.75, 3.05) is 30.2 Å². The second kappa shape index (κ2) is 9.80. The Hall–Kier alpha value is -2.51. The molecule has 150 valence electrons. The lowest BCUT2D eigenvalue weighted by Crippen LogP contribution is -2.17. The van der Waals surface area contributed by atoms with E-state index in [2.05, 4.69) is 27.5 Å². The molecule has 0 saturated heterocycles. The molecule has 0 fully saturated rings. The summed E-state index contributed by atoms with van der Waals surface area (Å²) in [5.74, 6) is 0.874. The summed E-state index contributed by atoms with van der Waals surface area (Å²) in [5.41, 5.74) is 3.34. The first-order valence-corrected chi connectivity index (χ1v) is 11.7. The number of amides is 1. The Labute approximate surface area is 180 Å². The maximum Gasteiger partial charge on any atom is 0.262 e. The zero-order chi connectivity index (χ0) is 20.8. The minimum absolute atomic E-state index is 0.229. The van der Waals surface area contributed by atoms with E-state index in [0.29, 0.717) is 22.2 Å². The van der Waals surface area contributed by atoms with Crippen LogP contribution in [0, 0.1) is 0 Å². The molecule has 0 spiro atoms. The van der Waals surface area contributed by atoms with Gasteiger partial charge in [0.05, 0.1) is 0 Å². The molecule has 0 bridgehead atoms. The van der Waals surface area contributed by atoms with Gasteiger partial charge in [-0.05, 0) is 48.8 Å². The fourth-order valence-corrected chi connectivity index (χ4v) is 3.84. The lowest BCUT2D eigenvalue weighted by atomic mass is 10.1. The molecule has 1 aromatic heterocycles. The molecule has 1 heterocycles. The molecule has 0 unspecified atom stereocenters. The van der Waals surface area contributed by atoms with Crippen LogP contribution in [-0.4, -0.2) is 35.4 Å². The highest BCUT2D eigenvalue weighted by atomic mass is 32.2. The molecule has 2 aromatic carbocycles. The number of benzene rings is 2. The number of aromatic nitrogens is 2. The summed E-state index contributed by atoms with van der Waals surface area (Å²) < 4.78 is 0. The summed E-state index contributed by atoms with van der Waals surface area (Å²) >= 11 is 3.12. The van der Waals surface area contributed by atoms with Crippen molar-refractivity contribution >= 4 is 40.9 Å². The predicted octanol–water partition coefficient (Wildman–Crippen LogP) is 5.44. The number of hydrogen-bond acceptors (Lipinski definition) is 6. The fraction of sp³-hybridized carbons (Fsp3) is 0.227. The first kappa shape index (κ1) is 21.2. The average molecular weight is 425 g/mol. The van der Waals surface area contributed by atoms with Crippen LogP contribution in [0.25, 0.3) is 11.4 Å². The fourth-order valence-electron chi connectivity index (χ4n) is 2.86. The molecular formula is C22H24N4OS2. The topological polar surface area (TPSA) is 66.9 Å². The van der Waals surface area contributed by atoms with E-state index in [9.17, 15) is 4.79 Å². The second-order valence-corrected chi connectivity index (χ2v) is 7.94. The van der Waals surface area contributed by atoms with E-state index < -0.39 is 0 Å². The van der Waals surface area contributed by atoms with Crippen LogP contribution >= 0.6 is 23.5 Å². The number of aryl methyl sites for hydroxylation is 1. The van der Waals surface area contributed by atoms with Gasteiger partial charge in [-0.1, -0.05) is 31.2 Å². The summed E-state index contributed by atoms with van der Waals surface area (Å²) in [4.78, 5) is 23.5. The first-order valence-electron chi connectivity index (χ1n) is 9.28. The zero-order valence-electron chi connectivity index (χ0n) is 16.9. The number of anilines is 2. The first-order chi connectivity index (χ1) is 14.1. The number of nitrogens with zero attached hydrogens (tertiary/aromatic N) is 2. The molecule has 0 aliphatic heterocycles. The van der Waals surface area contributed by atoms with Crippen molar-refractivity contribution in [3.63, 3.8) is 0 Å². The molecule has 3 rings (SSSR count). The lowest BCUT2D eigenvalue weighted by Gasteiger charge is -2.14. The normalized spacial score (nSPS) is 10.6. The number of carbonyl (C=O) groups is 1. The Morgan fingerprint density at radius 2 is 1.66 bits per heavy atom. The number of thioether (sulfide) groups is 2. The number of nitrogens with one attached hydrogen (secondary N) is 2. The van der Waals surface area contributed by atoms with Crippen molar-refractivity contribution in [3.05, 3.63) is 59.7 Å². The van der Waals surface area contributed by atoms with Crippen LogP contribution < -0.4 is 10.6 Å². The van der Waals surface area contributed by atoms with Crippen molar-refractivity contribution in [3.8, 4) is 11.4 Å². The van der Waals surface area contributed by atoms with Crippen LogP contribution in [0.1, 0.15) is 22.8 Å². The summed E-state index contributed by atoms with van der Waals surface area (Å²) in [7, 11) is 1.76. The van der Waals surface area contributed by atoms with Gasteiger partial charge in [-0.25, -0.2) is 9.97 Å². The Morgan fingerprint density at radius 3 is 2.21 bits per heavy atom. The van der Waals surface area contributed by atoms with Gasteiger partial charge in [-0.3, -0.25) is 4.79 Å². The third-order valence-electron chi connectivity index (χ3n) is 4.50. The van der Waals surface area contributed by atoms with Gasteiger partial charge >= 0.3 is 0 Å². The van der Waals surface area contributed by atoms with Gasteiger partial charge in [0.2, 0.25) is 0 Å². The standard InChI is InChI=1S/C22H24N4OS2/c1-5-14-6-10-16(11-7-14)24-21(27)18-20(23-2)25-19(26-22(18)29-4)15-8-12-17(28-3)13-9-15/h6-13H,5H2,1-4H3,(H,24,27)(H,23,25,26). The van der Waals surface area contributed by atoms with E-state index in [1.54, 1.807) is 18.8 Å². The summed E-state index contributed by atoms with van der Waals surface area (Å²) in [5, 5.41) is 6.65. The highest BCUT2D eigenvalue weighted by Crippen LogP contribution is 2.29. The van der Waals surface area contributed by atoms with Crippen LogP contribution in [0.5, 0.6) is 0 Å². The molecule has 0 aliphatic carbocycles. The molecule has 29 heavy (non-hydrogen) atoms. The highest BCUT2D eigenvalue weighted by Gasteiger charge is 2.21. The molecule has 0 atom stereocenters. The van der Waals surface area contributed by atoms with E-state index in [1.807, 2.05) is 61.0 Å². The van der Waals surface area contributed by atoms with E-state index in [0.717, 1.165) is 17.7 Å². The van der Waals surface area contributed by atoms with Gasteiger partial charge < -0.3 is 10.6 Å². The molecule has 0 aliphatic rings. The van der Waals surface area contributed by atoms with Crippen molar-refractivity contribution in [2.24, 2.45) is 0 Å². The molecule has 5 nitrogen and oxygen atoms in total. The Bertz CT molecular complexity index is 964. The van der Waals surface area contributed by atoms with E-state index in [1.165, 1.54) is 22.2 Å². The maximum atomic E-state index is 13.0. The van der Waals surface area contributed by atoms with Gasteiger partial charge in [-0.2, -0.15) is 0 Å². The molecule has 3 aromatic rings. The summed E-state index contributed by atoms with van der Waals surface area (Å²) in [6, 6.07) is 15.9. The van der Waals surface area contributed by atoms with Gasteiger partial charge in [0, 0.05) is 23.2 Å². The average Bonchev–Trinajstić information content (AvgIpc) is 2.78. The SMILES string of the molecule is CCc1ccc(NC(=O)c2c(NC)nc(-c3ccc(SC)cc3)nc2SC)cc1. The lowest BCUT2D eigenvalue weighted by molar-refractivity contribution is 0.102. The smallest absolute Gasteiger partial charge is 0.262 e. The molecule has 2 N–H and O–H groups in total. The van der Waals surface area contributed by atoms with Gasteiger partial charge in [0.25, 0.3) is 5.91 Å². The monoisotopic (exact) mass is 424 g/mol. The minimum atomic E-state index is -0.229. The predicted molar refractivity (Wildman–Crippen MR) is 124 cm³/mol. The molecule has 0 radical (unpaired) electrons. The van der Waals surface area contributed by atoms with Gasteiger partial charge in [0.1, 0.15) is 16.4 Å². The Morgan fingerprint density at radius 1 is 0.966 bits per heavy atom. The molecule has 1 amide bonds. The largest absolute Gasteiger partial charge is 0.372 e. The van der Waals surface area contributed by atoms with Crippen molar-refractivity contribution in [1.82, 2.24) is 9.97 Å². The third kappa shape index (κ3) is 4.92. The third-order valence-corrected chi connectivity index (χ3v) is 5.93. The van der Waals surface area contributed by atoms with Crippen LogP contribution in [0.4, 0.5) is 11.5 Å². The van der Waals surface area contributed by atoms with Gasteiger partial charge in [0.15, 0.2) is 5.82 Å². The van der Waals surface area contributed by atoms with Gasteiger partial charge in [-0.15, -0.1) is 23.5 Å². The molecular weight excluding hydrogens is 400 g/mol. The van der Waals surface area contributed by atoms with Crippen molar-refractivity contribution < 1.29 is 4.79 Å². The van der Waals surface area contributed by atoms with Crippen LogP contribution in [0.15, 0.2) is 58.5 Å². The van der Waals surface area contributed by atoms with E-state index >= 15 is 0 Å². The van der Waals surface area contributed by atoms with Crippen LogP contribution in [0.3, 0.4) is 0 Å². The van der Waals surface area contributed by atoms with E-state index in [-0.39, 0.29) is 5.91 Å². The minimum Gasteiger partial charge on any atom is -0.372 e.